The molecule has 3 aromatic rings. The maximum absolute atomic E-state index is 13.1. The minimum Gasteiger partial charge on any atom is -0.289 e. The average Bonchev–Trinajstić information content (AvgIpc) is 2.68. The fraction of sp³-hybridized carbons (Fsp3) is 0.0455. The summed E-state index contributed by atoms with van der Waals surface area (Å²) >= 11 is 1.75. The van der Waals surface area contributed by atoms with E-state index in [1.165, 1.54) is 4.90 Å². The molecule has 116 valence electrons. The van der Waals surface area contributed by atoms with E-state index < -0.39 is 0 Å². The molecule has 1 heterocycles. The molecule has 24 heavy (non-hydrogen) atoms. The minimum atomic E-state index is 0.0220. The molecule has 2 heteroatoms. The lowest BCUT2D eigenvalue weighted by Crippen LogP contribution is -2.13. The standard InChI is InChI=1S/C22H16OS/c23-21(16-9-3-1-4-10-16)19-15-18-13-7-8-14-20(18)24-22(19)17-11-5-2-6-12-17/h1-15,22H/t22-/m0/s1. The summed E-state index contributed by atoms with van der Waals surface area (Å²) in [4.78, 5) is 14.3. The lowest BCUT2D eigenvalue weighted by Gasteiger charge is -2.25. The molecule has 1 atom stereocenters. The second-order valence-corrected chi connectivity index (χ2v) is 6.89. The van der Waals surface area contributed by atoms with Gasteiger partial charge in [0.25, 0.3) is 0 Å². The van der Waals surface area contributed by atoms with Crippen molar-refractivity contribution in [3.63, 3.8) is 0 Å². The summed E-state index contributed by atoms with van der Waals surface area (Å²) in [6, 6.07) is 28.0. The lowest BCUT2D eigenvalue weighted by molar-refractivity contribution is 0.103. The van der Waals surface area contributed by atoms with Crippen LogP contribution in [0, 0.1) is 0 Å². The van der Waals surface area contributed by atoms with Crippen molar-refractivity contribution in [3.8, 4) is 0 Å². The second-order valence-electron chi connectivity index (χ2n) is 5.74. The van der Waals surface area contributed by atoms with Gasteiger partial charge in [-0.05, 0) is 23.3 Å². The summed E-state index contributed by atoms with van der Waals surface area (Å²) in [5.74, 6) is 0.103. The van der Waals surface area contributed by atoms with Gasteiger partial charge in [0.1, 0.15) is 0 Å². The van der Waals surface area contributed by atoms with Crippen molar-refractivity contribution in [1.29, 1.82) is 0 Å². The van der Waals surface area contributed by atoms with Gasteiger partial charge in [0.2, 0.25) is 0 Å². The van der Waals surface area contributed by atoms with Crippen LogP contribution in [0.4, 0.5) is 0 Å². The minimum absolute atomic E-state index is 0.0220. The van der Waals surface area contributed by atoms with Gasteiger partial charge in [0.05, 0.1) is 5.25 Å². The Morgan fingerprint density at radius 3 is 2.12 bits per heavy atom. The Balaban J connectivity index is 1.83. The van der Waals surface area contributed by atoms with Crippen LogP contribution in [0.15, 0.2) is 95.4 Å². The van der Waals surface area contributed by atoms with E-state index >= 15 is 0 Å². The third-order valence-electron chi connectivity index (χ3n) is 4.16. The number of benzene rings is 3. The van der Waals surface area contributed by atoms with Crippen molar-refractivity contribution >= 4 is 23.6 Å². The van der Waals surface area contributed by atoms with E-state index in [1.54, 1.807) is 11.8 Å². The summed E-state index contributed by atoms with van der Waals surface area (Å²) < 4.78 is 0. The van der Waals surface area contributed by atoms with Crippen molar-refractivity contribution in [1.82, 2.24) is 0 Å². The molecule has 0 aromatic heterocycles. The summed E-state index contributed by atoms with van der Waals surface area (Å²) in [6.07, 6.45) is 2.05. The summed E-state index contributed by atoms with van der Waals surface area (Å²) in [5.41, 5.74) is 3.86. The number of hydrogen-bond donors (Lipinski definition) is 0. The largest absolute Gasteiger partial charge is 0.289 e. The molecular weight excluding hydrogens is 312 g/mol. The van der Waals surface area contributed by atoms with Crippen molar-refractivity contribution in [2.75, 3.05) is 0 Å². The first-order valence-corrected chi connectivity index (χ1v) is 8.83. The number of fused-ring (bicyclic) bond motifs is 1. The van der Waals surface area contributed by atoms with Crippen molar-refractivity contribution in [2.24, 2.45) is 0 Å². The highest BCUT2D eigenvalue weighted by Crippen LogP contribution is 2.47. The van der Waals surface area contributed by atoms with Crippen LogP contribution in [0.5, 0.6) is 0 Å². The first-order chi connectivity index (χ1) is 11.8. The number of carbonyl (C=O) groups excluding carboxylic acids is 1. The van der Waals surface area contributed by atoms with Gasteiger partial charge in [0, 0.05) is 16.0 Å². The summed E-state index contributed by atoms with van der Waals surface area (Å²) in [5, 5.41) is 0.0220. The van der Waals surface area contributed by atoms with Crippen LogP contribution in [0.2, 0.25) is 0 Å². The molecular formula is C22H16OS. The molecule has 0 saturated carbocycles. The molecule has 0 bridgehead atoms. The highest BCUT2D eigenvalue weighted by molar-refractivity contribution is 8.00. The molecule has 0 spiro atoms. The molecule has 1 aliphatic rings. The predicted molar refractivity (Wildman–Crippen MR) is 100 cm³/mol. The van der Waals surface area contributed by atoms with Crippen LogP contribution in [0.1, 0.15) is 26.7 Å². The number of carbonyl (C=O) groups is 1. The Bertz CT molecular complexity index is 898. The van der Waals surface area contributed by atoms with Gasteiger partial charge >= 0.3 is 0 Å². The van der Waals surface area contributed by atoms with E-state index in [9.17, 15) is 4.79 Å². The first-order valence-electron chi connectivity index (χ1n) is 7.95. The molecule has 4 rings (SSSR count). The van der Waals surface area contributed by atoms with Crippen molar-refractivity contribution < 1.29 is 4.79 Å². The molecule has 0 N–H and O–H groups in total. The van der Waals surface area contributed by atoms with Gasteiger partial charge < -0.3 is 0 Å². The molecule has 3 aromatic carbocycles. The molecule has 1 aliphatic heterocycles. The van der Waals surface area contributed by atoms with E-state index in [-0.39, 0.29) is 11.0 Å². The van der Waals surface area contributed by atoms with Gasteiger partial charge in [-0.2, -0.15) is 0 Å². The van der Waals surface area contributed by atoms with E-state index in [1.807, 2.05) is 60.7 Å². The molecule has 0 radical (unpaired) electrons. The maximum Gasteiger partial charge on any atom is 0.190 e. The van der Waals surface area contributed by atoms with E-state index in [2.05, 4.69) is 30.3 Å². The van der Waals surface area contributed by atoms with Crippen molar-refractivity contribution in [2.45, 2.75) is 10.1 Å². The Labute approximate surface area is 146 Å². The van der Waals surface area contributed by atoms with E-state index in [0.717, 1.165) is 22.3 Å². The molecule has 0 saturated heterocycles. The molecule has 0 fully saturated rings. The van der Waals surface area contributed by atoms with Crippen LogP contribution >= 0.6 is 11.8 Å². The maximum atomic E-state index is 13.1. The molecule has 1 nitrogen and oxygen atoms in total. The number of thioether (sulfide) groups is 1. The number of hydrogen-bond acceptors (Lipinski definition) is 2. The van der Waals surface area contributed by atoms with E-state index in [0.29, 0.717) is 0 Å². The fourth-order valence-corrected chi connectivity index (χ4v) is 4.23. The number of ketones is 1. The van der Waals surface area contributed by atoms with Crippen LogP contribution in [0.25, 0.3) is 6.08 Å². The molecule has 0 amide bonds. The van der Waals surface area contributed by atoms with Crippen LogP contribution in [0.3, 0.4) is 0 Å². The summed E-state index contributed by atoms with van der Waals surface area (Å²) in [6.45, 7) is 0. The SMILES string of the molecule is O=C(C1=Cc2ccccc2S[C@H]1c1ccccc1)c1ccccc1. The van der Waals surface area contributed by atoms with E-state index in [4.69, 9.17) is 0 Å². The highest BCUT2D eigenvalue weighted by Gasteiger charge is 2.28. The van der Waals surface area contributed by atoms with Crippen LogP contribution in [-0.2, 0) is 0 Å². The molecule has 0 unspecified atom stereocenters. The lowest BCUT2D eigenvalue weighted by atomic mass is 9.94. The van der Waals surface area contributed by atoms with Gasteiger partial charge in [-0.3, -0.25) is 4.79 Å². The van der Waals surface area contributed by atoms with Gasteiger partial charge in [-0.25, -0.2) is 0 Å². The van der Waals surface area contributed by atoms with Crippen LogP contribution < -0.4 is 0 Å². The highest BCUT2D eigenvalue weighted by atomic mass is 32.2. The topological polar surface area (TPSA) is 17.1 Å². The smallest absolute Gasteiger partial charge is 0.190 e. The quantitative estimate of drug-likeness (QED) is 0.565. The Morgan fingerprint density at radius 2 is 1.38 bits per heavy atom. The normalized spacial score (nSPS) is 16.2. The fourth-order valence-electron chi connectivity index (χ4n) is 2.96. The Kier molecular flexibility index (Phi) is 4.06. The zero-order valence-electron chi connectivity index (χ0n) is 13.1. The zero-order valence-corrected chi connectivity index (χ0v) is 13.9. The predicted octanol–water partition coefficient (Wildman–Crippen LogP) is 5.80. The Morgan fingerprint density at radius 1 is 0.750 bits per heavy atom. The second kappa shape index (κ2) is 6.50. The third kappa shape index (κ3) is 2.81. The monoisotopic (exact) mass is 328 g/mol. The van der Waals surface area contributed by atoms with Crippen molar-refractivity contribution in [3.05, 3.63) is 107 Å². The number of Topliss-reactive ketones (excluding diaryl/α,β-unsaturated/α-hetero) is 1. The van der Waals surface area contributed by atoms with Gasteiger partial charge in [0.15, 0.2) is 5.78 Å². The number of rotatable bonds is 3. The molecule has 0 aliphatic carbocycles. The van der Waals surface area contributed by atoms with Crippen LogP contribution in [-0.4, -0.2) is 5.78 Å². The van der Waals surface area contributed by atoms with Gasteiger partial charge in [-0.1, -0.05) is 78.9 Å². The van der Waals surface area contributed by atoms with Gasteiger partial charge in [-0.15, -0.1) is 11.8 Å². The summed E-state index contributed by atoms with van der Waals surface area (Å²) in [7, 11) is 0. The third-order valence-corrected chi connectivity index (χ3v) is 5.55. The first kappa shape index (κ1) is 15.0. The Hall–Kier alpha value is -2.58. The average molecular weight is 328 g/mol. The zero-order chi connectivity index (χ0) is 16.4.